The van der Waals surface area contributed by atoms with Gasteiger partial charge in [0.2, 0.25) is 0 Å². The highest BCUT2D eigenvalue weighted by Crippen LogP contribution is 2.38. The first-order valence-corrected chi connectivity index (χ1v) is 9.64. The average molecular weight is 426 g/mol. The van der Waals surface area contributed by atoms with Crippen LogP contribution in [0.25, 0.3) is 0 Å². The van der Waals surface area contributed by atoms with Crippen molar-refractivity contribution in [2.75, 3.05) is 16.8 Å². The van der Waals surface area contributed by atoms with Gasteiger partial charge in [0.15, 0.2) is 6.10 Å². The molecule has 1 unspecified atom stereocenters. The van der Waals surface area contributed by atoms with E-state index in [1.54, 1.807) is 12.1 Å². The molecule has 1 amide bonds. The zero-order valence-electron chi connectivity index (χ0n) is 16.3. The number of nitrogens with one attached hydrogen (secondary N) is 1. The van der Waals surface area contributed by atoms with E-state index in [0.717, 1.165) is 0 Å². The fraction of sp³-hybridized carbons (Fsp3) is 0.174. The second kappa shape index (κ2) is 8.61. The van der Waals surface area contributed by atoms with Gasteiger partial charge in [-0.15, -0.1) is 0 Å². The van der Waals surface area contributed by atoms with Crippen LogP contribution in [-0.4, -0.2) is 35.0 Å². The minimum absolute atomic E-state index is 0.0409. The van der Waals surface area contributed by atoms with Crippen molar-refractivity contribution in [2.45, 2.75) is 18.2 Å². The topological polar surface area (TPSA) is 82.0 Å². The Morgan fingerprint density at radius 1 is 0.935 bits per heavy atom. The van der Waals surface area contributed by atoms with Crippen molar-refractivity contribution >= 4 is 17.5 Å². The summed E-state index contributed by atoms with van der Waals surface area (Å²) in [6.45, 7) is 0.0409. The molecule has 0 bridgehead atoms. The maximum absolute atomic E-state index is 13.4. The highest BCUT2D eigenvalue weighted by atomic mass is 19.1. The molecule has 8 heteroatoms. The molecular weight excluding hydrogens is 406 g/mol. The Bertz CT molecular complexity index is 1040. The third kappa shape index (κ3) is 4.44. The molecule has 4 rings (SSSR count). The Labute approximate surface area is 177 Å². The summed E-state index contributed by atoms with van der Waals surface area (Å²) < 4.78 is 32.1. The zero-order chi connectivity index (χ0) is 22.0. The number of phenols is 1. The van der Waals surface area contributed by atoms with Gasteiger partial charge in [-0.1, -0.05) is 12.1 Å². The Morgan fingerprint density at radius 3 is 2.13 bits per heavy atom. The van der Waals surface area contributed by atoms with Crippen LogP contribution in [-0.2, 0) is 4.74 Å². The van der Waals surface area contributed by atoms with Crippen molar-refractivity contribution in [2.24, 2.45) is 0 Å². The highest BCUT2D eigenvalue weighted by Gasteiger charge is 2.47. The van der Waals surface area contributed by atoms with Crippen LogP contribution in [0.5, 0.6) is 5.75 Å². The summed E-state index contributed by atoms with van der Waals surface area (Å²) in [6, 6.07) is 16.3. The molecule has 1 heterocycles. The molecule has 0 aromatic heterocycles. The molecule has 6 nitrogen and oxygen atoms in total. The third-order valence-corrected chi connectivity index (χ3v) is 5.11. The Hall–Kier alpha value is -3.65. The lowest BCUT2D eigenvalue weighted by Crippen LogP contribution is -2.46. The number of hydrogen-bond acceptors (Lipinski definition) is 5. The molecule has 3 N–H and O–H groups in total. The standard InChI is InChI=1S/C23H20F2N2O4/c24-15-3-7-17(8-4-15)26-13-20(29)21-22(14-1-11-19(28)12-2-14)31-23(30)27(21)18-9-5-16(25)6-10-18/h1-12,20-22,26,28-29H,13H2/t20?,21-,22+/m1/s1. The average Bonchev–Trinajstić information content (AvgIpc) is 3.11. The van der Waals surface area contributed by atoms with E-state index in [2.05, 4.69) is 5.32 Å². The summed E-state index contributed by atoms with van der Waals surface area (Å²) >= 11 is 0. The lowest BCUT2D eigenvalue weighted by Gasteiger charge is -2.29. The monoisotopic (exact) mass is 426 g/mol. The number of benzene rings is 3. The van der Waals surface area contributed by atoms with E-state index in [0.29, 0.717) is 16.9 Å². The number of phenolic OH excluding ortho intramolecular Hbond substituents is 1. The lowest BCUT2D eigenvalue weighted by molar-refractivity contribution is 0.0868. The van der Waals surface area contributed by atoms with Crippen LogP contribution in [0.3, 0.4) is 0 Å². The third-order valence-electron chi connectivity index (χ3n) is 5.11. The maximum atomic E-state index is 13.4. The number of cyclic esters (lactones) is 1. The smallest absolute Gasteiger partial charge is 0.415 e. The fourth-order valence-corrected chi connectivity index (χ4v) is 3.59. The number of carbonyl (C=O) groups is 1. The van der Waals surface area contributed by atoms with E-state index in [9.17, 15) is 23.8 Å². The molecule has 160 valence electrons. The molecule has 3 aromatic carbocycles. The molecule has 0 saturated carbocycles. The van der Waals surface area contributed by atoms with Gasteiger partial charge in [-0.3, -0.25) is 4.90 Å². The van der Waals surface area contributed by atoms with Crippen molar-refractivity contribution in [3.8, 4) is 5.75 Å². The first-order valence-electron chi connectivity index (χ1n) is 9.64. The number of ether oxygens (including phenoxy) is 1. The van der Waals surface area contributed by atoms with E-state index in [4.69, 9.17) is 4.74 Å². The van der Waals surface area contributed by atoms with Gasteiger partial charge in [0.1, 0.15) is 23.4 Å². The Kier molecular flexibility index (Phi) is 5.73. The van der Waals surface area contributed by atoms with Crippen molar-refractivity contribution in [1.29, 1.82) is 0 Å². The van der Waals surface area contributed by atoms with Crippen LogP contribution >= 0.6 is 0 Å². The molecule has 1 aliphatic heterocycles. The molecule has 1 aliphatic rings. The van der Waals surface area contributed by atoms with Crippen LogP contribution in [0.4, 0.5) is 25.0 Å². The number of carbonyl (C=O) groups excluding carboxylic acids is 1. The van der Waals surface area contributed by atoms with Crippen LogP contribution in [0.15, 0.2) is 72.8 Å². The van der Waals surface area contributed by atoms with Gasteiger partial charge in [-0.25, -0.2) is 13.6 Å². The first-order chi connectivity index (χ1) is 14.9. The van der Waals surface area contributed by atoms with E-state index < -0.39 is 30.2 Å². The summed E-state index contributed by atoms with van der Waals surface area (Å²) in [4.78, 5) is 14.0. The number of amides is 1. The lowest BCUT2D eigenvalue weighted by atomic mass is 9.96. The van der Waals surface area contributed by atoms with Gasteiger partial charge in [-0.05, 0) is 66.2 Å². The number of aromatic hydroxyl groups is 1. The van der Waals surface area contributed by atoms with Gasteiger partial charge in [0.25, 0.3) is 0 Å². The minimum atomic E-state index is -1.10. The van der Waals surface area contributed by atoms with Crippen molar-refractivity contribution < 1.29 is 28.5 Å². The van der Waals surface area contributed by atoms with Gasteiger partial charge >= 0.3 is 6.09 Å². The number of hydrogen-bond donors (Lipinski definition) is 3. The maximum Gasteiger partial charge on any atom is 0.415 e. The van der Waals surface area contributed by atoms with E-state index in [1.807, 2.05) is 0 Å². The SMILES string of the molecule is O=C1O[C@@H](c2ccc(O)cc2)[C@@H](C(O)CNc2ccc(F)cc2)N1c1ccc(F)cc1. The van der Waals surface area contributed by atoms with Crippen LogP contribution < -0.4 is 10.2 Å². The van der Waals surface area contributed by atoms with Crippen LogP contribution in [0.2, 0.25) is 0 Å². The Balaban J connectivity index is 1.63. The molecule has 3 atom stereocenters. The van der Waals surface area contributed by atoms with Crippen molar-refractivity contribution in [3.63, 3.8) is 0 Å². The predicted octanol–water partition coefficient (Wildman–Crippen LogP) is 4.21. The number of halogens is 2. The second-order valence-electron chi connectivity index (χ2n) is 7.19. The van der Waals surface area contributed by atoms with Crippen LogP contribution in [0, 0.1) is 11.6 Å². The molecule has 1 saturated heterocycles. The first kappa shape index (κ1) is 20.6. The number of anilines is 2. The molecular formula is C23H20F2N2O4. The zero-order valence-corrected chi connectivity index (χ0v) is 16.3. The largest absolute Gasteiger partial charge is 0.508 e. The molecule has 1 fully saturated rings. The van der Waals surface area contributed by atoms with Gasteiger partial charge < -0.3 is 20.3 Å². The number of nitrogens with zero attached hydrogens (tertiary/aromatic N) is 1. The normalized spacial score (nSPS) is 19.2. The molecule has 0 spiro atoms. The molecule has 0 aliphatic carbocycles. The molecule has 3 aromatic rings. The van der Waals surface area contributed by atoms with Crippen molar-refractivity contribution in [3.05, 3.63) is 90.0 Å². The summed E-state index contributed by atoms with van der Waals surface area (Å²) in [5.41, 5.74) is 1.56. The quantitative estimate of drug-likeness (QED) is 0.550. The second-order valence-corrected chi connectivity index (χ2v) is 7.19. The summed E-state index contributed by atoms with van der Waals surface area (Å²) in [7, 11) is 0. The number of aliphatic hydroxyl groups excluding tert-OH is 1. The molecule has 0 radical (unpaired) electrons. The number of rotatable bonds is 6. The highest BCUT2D eigenvalue weighted by molar-refractivity contribution is 5.91. The van der Waals surface area contributed by atoms with Crippen molar-refractivity contribution in [1.82, 2.24) is 0 Å². The fourth-order valence-electron chi connectivity index (χ4n) is 3.59. The van der Waals surface area contributed by atoms with Gasteiger partial charge in [0, 0.05) is 17.9 Å². The minimum Gasteiger partial charge on any atom is -0.508 e. The Morgan fingerprint density at radius 2 is 1.52 bits per heavy atom. The van der Waals surface area contributed by atoms with Crippen LogP contribution in [0.1, 0.15) is 11.7 Å². The predicted molar refractivity (Wildman–Crippen MR) is 111 cm³/mol. The summed E-state index contributed by atoms with van der Waals surface area (Å²) in [6.07, 6.45) is -2.61. The summed E-state index contributed by atoms with van der Waals surface area (Å²) in [5.74, 6) is -0.782. The van der Waals surface area contributed by atoms with E-state index in [-0.39, 0.29) is 18.1 Å². The number of aliphatic hydroxyl groups is 1. The van der Waals surface area contributed by atoms with E-state index >= 15 is 0 Å². The van der Waals surface area contributed by atoms with Gasteiger partial charge in [-0.2, -0.15) is 0 Å². The van der Waals surface area contributed by atoms with E-state index in [1.165, 1.54) is 65.6 Å². The molecule has 31 heavy (non-hydrogen) atoms. The summed E-state index contributed by atoms with van der Waals surface area (Å²) in [5, 5.41) is 23.6. The van der Waals surface area contributed by atoms with Gasteiger partial charge in [0.05, 0.1) is 6.10 Å².